The van der Waals surface area contributed by atoms with E-state index in [1.807, 2.05) is 24.4 Å². The molecule has 0 amide bonds. The minimum atomic E-state index is 0.772. The molecule has 100 valence electrons. The third-order valence-corrected chi connectivity index (χ3v) is 3.62. The van der Waals surface area contributed by atoms with E-state index < -0.39 is 0 Å². The fraction of sp³-hybridized carbons (Fsp3) is 0.286. The van der Waals surface area contributed by atoms with Crippen molar-refractivity contribution in [1.29, 1.82) is 0 Å². The molecule has 3 aromatic rings. The summed E-state index contributed by atoms with van der Waals surface area (Å²) in [5.74, 6) is 1.75. The number of nitrogens with zero attached hydrogens (tertiary/aromatic N) is 6. The lowest BCUT2D eigenvalue weighted by molar-refractivity contribution is 0.860. The molecule has 3 aromatic heterocycles. The van der Waals surface area contributed by atoms with E-state index in [1.54, 1.807) is 17.2 Å². The fourth-order valence-corrected chi connectivity index (χ4v) is 2.66. The molecule has 4 rings (SSSR count). The number of fused-ring (bicyclic) bond motifs is 1. The van der Waals surface area contributed by atoms with Gasteiger partial charge in [0, 0.05) is 19.3 Å². The van der Waals surface area contributed by atoms with E-state index in [0.29, 0.717) is 0 Å². The largest absolute Gasteiger partial charge is 0.356 e. The molecule has 1 fully saturated rings. The van der Waals surface area contributed by atoms with Gasteiger partial charge in [0.2, 0.25) is 0 Å². The predicted molar refractivity (Wildman–Crippen MR) is 75.9 cm³/mol. The lowest BCUT2D eigenvalue weighted by Gasteiger charge is -2.16. The fourth-order valence-electron chi connectivity index (χ4n) is 2.66. The van der Waals surface area contributed by atoms with Crippen molar-refractivity contribution in [3.8, 4) is 5.82 Å². The maximum absolute atomic E-state index is 4.44. The van der Waals surface area contributed by atoms with Gasteiger partial charge in [-0.15, -0.1) is 0 Å². The molecule has 0 spiro atoms. The number of rotatable bonds is 2. The van der Waals surface area contributed by atoms with Crippen LogP contribution in [0.5, 0.6) is 0 Å². The van der Waals surface area contributed by atoms with Crippen LogP contribution in [-0.4, -0.2) is 37.8 Å². The highest BCUT2D eigenvalue weighted by Gasteiger charge is 2.19. The molecular weight excluding hydrogens is 252 g/mol. The number of pyridine rings is 1. The maximum atomic E-state index is 4.44. The average Bonchev–Trinajstić information content (AvgIpc) is 3.17. The van der Waals surface area contributed by atoms with Crippen LogP contribution in [0.15, 0.2) is 36.9 Å². The minimum Gasteiger partial charge on any atom is -0.356 e. The van der Waals surface area contributed by atoms with E-state index in [-0.39, 0.29) is 0 Å². The summed E-state index contributed by atoms with van der Waals surface area (Å²) in [5.41, 5.74) is 0.806. The van der Waals surface area contributed by atoms with Gasteiger partial charge >= 0.3 is 0 Å². The van der Waals surface area contributed by atoms with Crippen molar-refractivity contribution in [1.82, 2.24) is 24.7 Å². The molecule has 6 nitrogen and oxygen atoms in total. The molecule has 0 saturated carbocycles. The molecule has 0 radical (unpaired) electrons. The molecule has 0 N–H and O–H groups in total. The lowest BCUT2D eigenvalue weighted by Crippen LogP contribution is -2.19. The van der Waals surface area contributed by atoms with E-state index in [9.17, 15) is 0 Å². The van der Waals surface area contributed by atoms with Crippen molar-refractivity contribution in [2.45, 2.75) is 12.8 Å². The van der Waals surface area contributed by atoms with Gasteiger partial charge in [0.1, 0.15) is 12.1 Å². The van der Waals surface area contributed by atoms with Crippen molar-refractivity contribution in [3.63, 3.8) is 0 Å². The molecule has 6 heteroatoms. The summed E-state index contributed by atoms with van der Waals surface area (Å²) in [5, 5.41) is 5.41. The summed E-state index contributed by atoms with van der Waals surface area (Å²) < 4.78 is 1.76. The Hall–Kier alpha value is -2.50. The lowest BCUT2D eigenvalue weighted by atomic mass is 10.3. The molecule has 4 heterocycles. The quantitative estimate of drug-likeness (QED) is 0.708. The summed E-state index contributed by atoms with van der Waals surface area (Å²) in [6, 6.07) is 5.75. The Morgan fingerprint density at radius 3 is 2.70 bits per heavy atom. The van der Waals surface area contributed by atoms with Crippen LogP contribution in [0.2, 0.25) is 0 Å². The van der Waals surface area contributed by atoms with Crippen LogP contribution < -0.4 is 4.90 Å². The summed E-state index contributed by atoms with van der Waals surface area (Å²) in [7, 11) is 0. The summed E-state index contributed by atoms with van der Waals surface area (Å²) in [6.45, 7) is 2.11. The van der Waals surface area contributed by atoms with Crippen molar-refractivity contribution in [2.75, 3.05) is 18.0 Å². The van der Waals surface area contributed by atoms with Gasteiger partial charge in [-0.25, -0.2) is 15.0 Å². The van der Waals surface area contributed by atoms with Crippen LogP contribution in [0, 0.1) is 0 Å². The second-order valence-corrected chi connectivity index (χ2v) is 4.87. The normalized spacial score (nSPS) is 15.1. The van der Waals surface area contributed by atoms with Crippen molar-refractivity contribution >= 4 is 16.9 Å². The molecule has 0 unspecified atom stereocenters. The molecule has 20 heavy (non-hydrogen) atoms. The number of anilines is 1. The maximum Gasteiger partial charge on any atom is 0.170 e. The van der Waals surface area contributed by atoms with Gasteiger partial charge in [0.15, 0.2) is 11.5 Å². The zero-order valence-electron chi connectivity index (χ0n) is 11.0. The van der Waals surface area contributed by atoms with Crippen LogP contribution in [0.3, 0.4) is 0 Å². The highest BCUT2D eigenvalue weighted by Crippen LogP contribution is 2.26. The second kappa shape index (κ2) is 4.56. The monoisotopic (exact) mass is 266 g/mol. The zero-order chi connectivity index (χ0) is 13.4. The van der Waals surface area contributed by atoms with Crippen LogP contribution in [-0.2, 0) is 0 Å². The van der Waals surface area contributed by atoms with E-state index >= 15 is 0 Å². The average molecular weight is 266 g/mol. The first-order valence-electron chi connectivity index (χ1n) is 6.78. The number of hydrogen-bond acceptors (Lipinski definition) is 5. The van der Waals surface area contributed by atoms with Crippen LogP contribution >= 0.6 is 0 Å². The van der Waals surface area contributed by atoms with E-state index in [0.717, 1.165) is 35.8 Å². The third kappa shape index (κ3) is 1.72. The Bertz CT molecular complexity index is 730. The Labute approximate surface area is 116 Å². The zero-order valence-corrected chi connectivity index (χ0v) is 11.0. The van der Waals surface area contributed by atoms with Crippen molar-refractivity contribution < 1.29 is 0 Å². The Kier molecular flexibility index (Phi) is 2.58. The van der Waals surface area contributed by atoms with Crippen LogP contribution in [0.25, 0.3) is 16.9 Å². The first-order valence-corrected chi connectivity index (χ1v) is 6.78. The van der Waals surface area contributed by atoms with Crippen molar-refractivity contribution in [2.24, 2.45) is 0 Å². The summed E-state index contributed by atoms with van der Waals surface area (Å²) >= 11 is 0. The SMILES string of the molecule is c1ccc(-n2ncc3c(N4CCCC4)ncnc32)nc1. The third-order valence-electron chi connectivity index (χ3n) is 3.62. The summed E-state index contributed by atoms with van der Waals surface area (Å²) in [6.07, 6.45) is 7.64. The first-order chi connectivity index (χ1) is 9.93. The van der Waals surface area contributed by atoms with Gasteiger partial charge in [-0.1, -0.05) is 6.07 Å². The van der Waals surface area contributed by atoms with Gasteiger partial charge in [-0.3, -0.25) is 0 Å². The molecule has 1 saturated heterocycles. The minimum absolute atomic E-state index is 0.772. The number of hydrogen-bond donors (Lipinski definition) is 0. The molecule has 1 aliphatic heterocycles. The Balaban J connectivity index is 1.88. The topological polar surface area (TPSA) is 59.7 Å². The van der Waals surface area contributed by atoms with Gasteiger partial charge in [-0.05, 0) is 25.0 Å². The van der Waals surface area contributed by atoms with Crippen LogP contribution in [0.4, 0.5) is 5.82 Å². The second-order valence-electron chi connectivity index (χ2n) is 4.87. The van der Waals surface area contributed by atoms with E-state index in [2.05, 4.69) is 25.0 Å². The summed E-state index contributed by atoms with van der Waals surface area (Å²) in [4.78, 5) is 15.4. The number of aromatic nitrogens is 5. The van der Waals surface area contributed by atoms with Gasteiger partial charge in [0.25, 0.3) is 0 Å². The Morgan fingerprint density at radius 2 is 1.90 bits per heavy atom. The van der Waals surface area contributed by atoms with Gasteiger partial charge in [-0.2, -0.15) is 9.78 Å². The van der Waals surface area contributed by atoms with Gasteiger partial charge < -0.3 is 4.90 Å². The molecule has 1 aliphatic rings. The smallest absolute Gasteiger partial charge is 0.170 e. The molecule has 0 bridgehead atoms. The Morgan fingerprint density at radius 1 is 1.00 bits per heavy atom. The molecule has 0 aliphatic carbocycles. The van der Waals surface area contributed by atoms with Gasteiger partial charge in [0.05, 0.1) is 11.6 Å². The van der Waals surface area contributed by atoms with Crippen LogP contribution in [0.1, 0.15) is 12.8 Å². The van der Waals surface area contributed by atoms with E-state index in [4.69, 9.17) is 0 Å². The first kappa shape index (κ1) is 11.3. The molecule has 0 aromatic carbocycles. The van der Waals surface area contributed by atoms with E-state index in [1.165, 1.54) is 12.8 Å². The highest BCUT2D eigenvalue weighted by atomic mass is 15.3. The molecular formula is C14H14N6. The highest BCUT2D eigenvalue weighted by molar-refractivity contribution is 5.87. The predicted octanol–water partition coefficient (Wildman–Crippen LogP) is 1.81. The standard InChI is InChI=1S/C14H14N6/c1-2-6-15-12(5-1)20-14-11(9-18-20)13(16-10-17-14)19-7-3-4-8-19/h1-2,5-6,9-10H,3-4,7-8H2. The van der Waals surface area contributed by atoms with Crippen molar-refractivity contribution in [3.05, 3.63) is 36.9 Å². The molecule has 0 atom stereocenters.